The molecular formula is C27H26N4O2. The monoisotopic (exact) mass is 438 g/mol. The summed E-state index contributed by atoms with van der Waals surface area (Å²) in [5.41, 5.74) is 3.45. The Morgan fingerprint density at radius 1 is 0.727 bits per heavy atom. The maximum atomic E-state index is 12.7. The molecule has 6 nitrogen and oxygen atoms in total. The van der Waals surface area contributed by atoms with Crippen LogP contribution in [0.2, 0.25) is 0 Å². The van der Waals surface area contributed by atoms with E-state index in [1.165, 1.54) is 0 Å². The van der Waals surface area contributed by atoms with Crippen LogP contribution >= 0.6 is 0 Å². The van der Waals surface area contributed by atoms with Gasteiger partial charge in [0, 0.05) is 50.0 Å². The van der Waals surface area contributed by atoms with E-state index in [4.69, 9.17) is 0 Å². The van der Waals surface area contributed by atoms with Crippen molar-refractivity contribution in [2.45, 2.75) is 6.54 Å². The molecule has 2 amide bonds. The molecule has 0 unspecified atom stereocenters. The number of piperazine rings is 1. The van der Waals surface area contributed by atoms with Crippen molar-refractivity contribution < 1.29 is 9.59 Å². The third kappa shape index (κ3) is 4.46. The van der Waals surface area contributed by atoms with E-state index in [0.717, 1.165) is 35.6 Å². The van der Waals surface area contributed by atoms with Gasteiger partial charge in [0.25, 0.3) is 11.8 Å². The first kappa shape index (κ1) is 20.8. The summed E-state index contributed by atoms with van der Waals surface area (Å²) >= 11 is 0. The molecule has 6 heteroatoms. The van der Waals surface area contributed by atoms with Crippen LogP contribution in [0.3, 0.4) is 0 Å². The number of nitrogens with one attached hydrogen (secondary N) is 1. The summed E-state index contributed by atoms with van der Waals surface area (Å²) in [6, 6.07) is 27.3. The molecule has 1 aliphatic heterocycles. The molecule has 5 rings (SSSR count). The van der Waals surface area contributed by atoms with E-state index in [2.05, 4.69) is 26.8 Å². The summed E-state index contributed by atoms with van der Waals surface area (Å²) in [6.07, 6.45) is 1.90. The molecule has 3 heterocycles. The van der Waals surface area contributed by atoms with E-state index in [9.17, 15) is 9.59 Å². The Kier molecular flexibility index (Phi) is 5.81. The van der Waals surface area contributed by atoms with Crippen molar-refractivity contribution in [1.29, 1.82) is 0 Å². The third-order valence-corrected chi connectivity index (χ3v) is 6.10. The molecule has 4 aromatic rings. The molecule has 0 radical (unpaired) electrons. The van der Waals surface area contributed by atoms with Gasteiger partial charge >= 0.3 is 0 Å². The number of benzene rings is 2. The fourth-order valence-electron chi connectivity index (χ4n) is 4.26. The molecular weight excluding hydrogens is 412 g/mol. The number of aromatic nitrogens is 1. The van der Waals surface area contributed by atoms with Crippen LogP contribution in [0.15, 0.2) is 91.1 Å². The first-order chi connectivity index (χ1) is 16.2. The summed E-state index contributed by atoms with van der Waals surface area (Å²) in [6.45, 7) is 3.31. The molecule has 0 atom stereocenters. The second kappa shape index (κ2) is 9.20. The lowest BCUT2D eigenvalue weighted by atomic mass is 10.2. The molecule has 2 aromatic carbocycles. The number of fused-ring (bicyclic) bond motifs is 1. The maximum Gasteiger partial charge on any atom is 0.253 e. The van der Waals surface area contributed by atoms with Crippen molar-refractivity contribution in [2.24, 2.45) is 0 Å². The van der Waals surface area contributed by atoms with Gasteiger partial charge in [-0.25, -0.2) is 0 Å². The Labute approximate surface area is 193 Å². The van der Waals surface area contributed by atoms with Crippen molar-refractivity contribution in [2.75, 3.05) is 31.1 Å². The number of amides is 2. The SMILES string of the molecule is O=C(NCc1ccccc1)c1ccc2ccc(N3CCN(C(=O)c4ccccc4)CC3)n2c1. The Morgan fingerprint density at radius 3 is 2.12 bits per heavy atom. The number of carbonyl (C=O) groups is 2. The van der Waals surface area contributed by atoms with Crippen LogP contribution in [-0.4, -0.2) is 47.3 Å². The molecule has 1 aliphatic rings. The molecule has 33 heavy (non-hydrogen) atoms. The van der Waals surface area contributed by atoms with Gasteiger partial charge in [-0.05, 0) is 42.0 Å². The Hall–Kier alpha value is -4.06. The van der Waals surface area contributed by atoms with Gasteiger partial charge in [-0.2, -0.15) is 0 Å². The Morgan fingerprint density at radius 2 is 1.39 bits per heavy atom. The van der Waals surface area contributed by atoms with Crippen LogP contribution in [0, 0.1) is 0 Å². The van der Waals surface area contributed by atoms with Crippen LogP contribution in [-0.2, 0) is 6.54 Å². The number of nitrogens with zero attached hydrogens (tertiary/aromatic N) is 3. The fraction of sp³-hybridized carbons (Fsp3) is 0.185. The lowest BCUT2D eigenvalue weighted by Crippen LogP contribution is -2.49. The average Bonchev–Trinajstić information content (AvgIpc) is 3.31. The van der Waals surface area contributed by atoms with Crippen molar-refractivity contribution >= 4 is 23.1 Å². The van der Waals surface area contributed by atoms with Gasteiger partial charge in [-0.15, -0.1) is 0 Å². The van der Waals surface area contributed by atoms with E-state index in [0.29, 0.717) is 25.2 Å². The first-order valence-electron chi connectivity index (χ1n) is 11.2. The number of anilines is 1. The lowest BCUT2D eigenvalue weighted by Gasteiger charge is -2.36. The molecule has 166 valence electrons. The van der Waals surface area contributed by atoms with Crippen molar-refractivity contribution in [1.82, 2.24) is 14.6 Å². The topological polar surface area (TPSA) is 57.1 Å². The lowest BCUT2D eigenvalue weighted by molar-refractivity contribution is 0.0746. The number of pyridine rings is 1. The van der Waals surface area contributed by atoms with E-state index in [-0.39, 0.29) is 11.8 Å². The van der Waals surface area contributed by atoms with E-state index < -0.39 is 0 Å². The van der Waals surface area contributed by atoms with Crippen molar-refractivity contribution in [3.05, 3.63) is 108 Å². The van der Waals surface area contributed by atoms with Crippen LogP contribution < -0.4 is 10.2 Å². The quantitative estimate of drug-likeness (QED) is 0.515. The molecule has 2 aromatic heterocycles. The third-order valence-electron chi connectivity index (χ3n) is 6.10. The van der Waals surface area contributed by atoms with Crippen LogP contribution in [0.1, 0.15) is 26.3 Å². The second-order valence-corrected chi connectivity index (χ2v) is 8.22. The predicted octanol–water partition coefficient (Wildman–Crippen LogP) is 3.83. The standard InChI is InChI=1S/C27H26N4O2/c32-26(28-19-21-7-3-1-4-8-21)23-11-12-24-13-14-25(31(24)20-23)29-15-17-30(18-16-29)27(33)22-9-5-2-6-10-22/h1-14,20H,15-19H2,(H,28,32). The Balaban J connectivity index is 1.27. The minimum Gasteiger partial charge on any atom is -0.354 e. The maximum absolute atomic E-state index is 12.7. The smallest absolute Gasteiger partial charge is 0.253 e. The van der Waals surface area contributed by atoms with Gasteiger partial charge in [0.1, 0.15) is 5.82 Å². The minimum atomic E-state index is -0.0984. The highest BCUT2D eigenvalue weighted by atomic mass is 16.2. The molecule has 1 saturated heterocycles. The van der Waals surface area contributed by atoms with Gasteiger partial charge in [0.15, 0.2) is 0 Å². The number of hydrogen-bond acceptors (Lipinski definition) is 3. The molecule has 0 saturated carbocycles. The van der Waals surface area contributed by atoms with Crippen LogP contribution in [0.5, 0.6) is 0 Å². The molecule has 1 fully saturated rings. The zero-order chi connectivity index (χ0) is 22.6. The first-order valence-corrected chi connectivity index (χ1v) is 11.2. The van der Waals surface area contributed by atoms with Crippen LogP contribution in [0.25, 0.3) is 5.52 Å². The van der Waals surface area contributed by atoms with Gasteiger partial charge < -0.3 is 19.5 Å². The number of carbonyl (C=O) groups excluding carboxylic acids is 2. The summed E-state index contributed by atoms with van der Waals surface area (Å²) in [4.78, 5) is 29.7. The second-order valence-electron chi connectivity index (χ2n) is 8.22. The van der Waals surface area contributed by atoms with Crippen molar-refractivity contribution in [3.8, 4) is 0 Å². The van der Waals surface area contributed by atoms with E-state index >= 15 is 0 Å². The summed E-state index contributed by atoms with van der Waals surface area (Å²) in [7, 11) is 0. The van der Waals surface area contributed by atoms with Gasteiger partial charge in [-0.3, -0.25) is 9.59 Å². The molecule has 0 bridgehead atoms. The summed E-state index contributed by atoms with van der Waals surface area (Å²) < 4.78 is 2.06. The minimum absolute atomic E-state index is 0.0765. The highest BCUT2D eigenvalue weighted by Crippen LogP contribution is 2.22. The average molecular weight is 439 g/mol. The normalized spacial score (nSPS) is 13.8. The predicted molar refractivity (Wildman–Crippen MR) is 130 cm³/mol. The van der Waals surface area contributed by atoms with Gasteiger partial charge in [-0.1, -0.05) is 48.5 Å². The largest absolute Gasteiger partial charge is 0.354 e. The molecule has 0 aliphatic carbocycles. The zero-order valence-corrected chi connectivity index (χ0v) is 18.4. The van der Waals surface area contributed by atoms with E-state index in [1.807, 2.05) is 83.9 Å². The molecule has 0 spiro atoms. The Bertz CT molecular complexity index is 1260. The summed E-state index contributed by atoms with van der Waals surface area (Å²) in [5, 5.41) is 2.99. The highest BCUT2D eigenvalue weighted by molar-refractivity contribution is 5.95. The number of rotatable bonds is 5. The summed E-state index contributed by atoms with van der Waals surface area (Å²) in [5.74, 6) is 1.01. The van der Waals surface area contributed by atoms with E-state index in [1.54, 1.807) is 0 Å². The van der Waals surface area contributed by atoms with Crippen molar-refractivity contribution in [3.63, 3.8) is 0 Å². The number of hydrogen-bond donors (Lipinski definition) is 1. The zero-order valence-electron chi connectivity index (χ0n) is 18.4. The van der Waals surface area contributed by atoms with Gasteiger partial charge in [0.05, 0.1) is 5.56 Å². The molecule has 1 N–H and O–H groups in total. The van der Waals surface area contributed by atoms with Gasteiger partial charge in [0.2, 0.25) is 0 Å². The van der Waals surface area contributed by atoms with Crippen LogP contribution in [0.4, 0.5) is 5.82 Å². The fourth-order valence-corrected chi connectivity index (χ4v) is 4.26. The highest BCUT2D eigenvalue weighted by Gasteiger charge is 2.23.